The number of amides is 4. The smallest absolute Gasteiger partial charge is 0.370 e. The quantitative estimate of drug-likeness (QED) is 0.428. The van der Waals surface area contributed by atoms with Crippen molar-refractivity contribution in [1.29, 1.82) is 5.26 Å². The van der Waals surface area contributed by atoms with E-state index in [1.165, 1.54) is 4.90 Å². The van der Waals surface area contributed by atoms with Crippen molar-refractivity contribution in [3.8, 4) is 6.07 Å². The van der Waals surface area contributed by atoms with E-state index in [1.807, 2.05) is 11.4 Å². The van der Waals surface area contributed by atoms with E-state index in [4.69, 9.17) is 4.74 Å². The summed E-state index contributed by atoms with van der Waals surface area (Å²) >= 11 is 0. The lowest BCUT2D eigenvalue weighted by Gasteiger charge is -2.48. The summed E-state index contributed by atoms with van der Waals surface area (Å²) in [6.07, 6.45) is -2.31. The number of nitrogens with one attached hydrogen (secondary N) is 3. The summed E-state index contributed by atoms with van der Waals surface area (Å²) < 4.78 is 46.2. The van der Waals surface area contributed by atoms with Gasteiger partial charge < -0.3 is 25.6 Å². The minimum Gasteiger partial charge on any atom is -0.370 e. The molecule has 222 valence electrons. The van der Waals surface area contributed by atoms with Gasteiger partial charge >= 0.3 is 12.1 Å². The number of alkyl halides is 3. The Balaban J connectivity index is 1.59. The number of fused-ring (bicyclic) bond motifs is 2. The van der Waals surface area contributed by atoms with Crippen molar-refractivity contribution >= 4 is 23.6 Å². The fourth-order valence-corrected chi connectivity index (χ4v) is 7.37. The third-order valence-electron chi connectivity index (χ3n) is 8.61. The molecule has 40 heavy (non-hydrogen) atoms. The average molecular weight is 570 g/mol. The summed E-state index contributed by atoms with van der Waals surface area (Å²) in [4.78, 5) is 53.1. The maximum Gasteiger partial charge on any atom is 0.471 e. The van der Waals surface area contributed by atoms with Crippen LogP contribution in [0.25, 0.3) is 0 Å². The second-order valence-corrected chi connectivity index (χ2v) is 12.9. The summed E-state index contributed by atoms with van der Waals surface area (Å²) in [6, 6.07) is -1.80. The van der Waals surface area contributed by atoms with Crippen molar-refractivity contribution < 1.29 is 37.1 Å². The maximum absolute atomic E-state index is 14.1. The Labute approximate surface area is 231 Å². The van der Waals surface area contributed by atoms with Crippen LogP contribution >= 0.6 is 0 Å². The SMILES string of the molecule is CC1(C)CC([C@H](NC(=O)C(F)(F)F)C(=O)N2[C@@H]3CC[C@@H](C3)[C@H]2C(=O)N[C@H](C#N)C[C@@H]2CCNC2=O)CC(C)(C)O1. The summed E-state index contributed by atoms with van der Waals surface area (Å²) in [7, 11) is 0. The normalized spacial score (nSPS) is 30.8. The number of halogens is 3. The van der Waals surface area contributed by atoms with Gasteiger partial charge in [-0.05, 0) is 84.5 Å². The molecule has 3 heterocycles. The molecule has 4 aliphatic rings. The van der Waals surface area contributed by atoms with Crippen LogP contribution in [0.3, 0.4) is 0 Å². The number of rotatable bonds is 7. The molecule has 4 fully saturated rings. The highest BCUT2D eigenvalue weighted by atomic mass is 19.4. The Morgan fingerprint density at radius 2 is 1.77 bits per heavy atom. The largest absolute Gasteiger partial charge is 0.471 e. The van der Waals surface area contributed by atoms with Gasteiger partial charge in [-0.2, -0.15) is 18.4 Å². The van der Waals surface area contributed by atoms with Gasteiger partial charge in [-0.25, -0.2) is 0 Å². The Morgan fingerprint density at radius 1 is 1.12 bits per heavy atom. The van der Waals surface area contributed by atoms with Gasteiger partial charge in [0, 0.05) is 18.5 Å². The third-order valence-corrected chi connectivity index (χ3v) is 8.61. The standard InChI is InChI=1S/C27H38F3N5O5/c1-25(2)11-16(12-26(3,4)40-25)19(34-24(39)27(28,29)30)23(38)35-18-6-5-14(10-18)20(35)22(37)33-17(13-31)9-15-7-8-32-21(15)36/h14-20H,5-12H2,1-4H3,(H,32,36)(H,33,37)(H,34,39)/t14-,15-,17-,18+,19-,20-/m0/s1. The second kappa shape index (κ2) is 10.8. The monoisotopic (exact) mass is 569 g/mol. The van der Waals surface area contributed by atoms with Gasteiger partial charge in [-0.1, -0.05) is 0 Å². The van der Waals surface area contributed by atoms with E-state index in [1.54, 1.807) is 27.7 Å². The Kier molecular flexibility index (Phi) is 8.15. The van der Waals surface area contributed by atoms with Crippen molar-refractivity contribution in [2.24, 2.45) is 17.8 Å². The molecule has 1 saturated carbocycles. The summed E-state index contributed by atoms with van der Waals surface area (Å²) in [5.74, 6) is -5.00. The van der Waals surface area contributed by atoms with Crippen LogP contribution in [0.1, 0.15) is 72.6 Å². The molecule has 0 aromatic carbocycles. The summed E-state index contributed by atoms with van der Waals surface area (Å²) in [5, 5.41) is 17.0. The van der Waals surface area contributed by atoms with Crippen LogP contribution in [0, 0.1) is 29.1 Å². The van der Waals surface area contributed by atoms with E-state index in [0.29, 0.717) is 32.2 Å². The number of piperidine rings is 1. The van der Waals surface area contributed by atoms with Crippen LogP contribution in [0.5, 0.6) is 0 Å². The number of likely N-dealkylation sites (tertiary alicyclic amines) is 1. The molecule has 0 radical (unpaired) electrons. The van der Waals surface area contributed by atoms with E-state index in [-0.39, 0.29) is 37.1 Å². The summed E-state index contributed by atoms with van der Waals surface area (Å²) in [5.41, 5.74) is -1.53. The molecule has 0 spiro atoms. The molecule has 3 saturated heterocycles. The first-order chi connectivity index (χ1) is 18.5. The highest BCUT2D eigenvalue weighted by Gasteiger charge is 2.55. The van der Waals surface area contributed by atoms with E-state index in [0.717, 1.165) is 0 Å². The molecule has 0 aromatic heterocycles. The number of hydrogen-bond donors (Lipinski definition) is 3. The molecule has 3 N–H and O–H groups in total. The minimum atomic E-state index is -5.19. The first-order valence-electron chi connectivity index (χ1n) is 13.9. The van der Waals surface area contributed by atoms with Crippen LogP contribution in [0.2, 0.25) is 0 Å². The fraction of sp³-hybridized carbons (Fsp3) is 0.815. The van der Waals surface area contributed by atoms with Gasteiger partial charge in [0.2, 0.25) is 17.7 Å². The average Bonchev–Trinajstić information content (AvgIpc) is 3.55. The van der Waals surface area contributed by atoms with Gasteiger partial charge in [0.05, 0.1) is 17.3 Å². The van der Waals surface area contributed by atoms with Gasteiger partial charge in [0.25, 0.3) is 0 Å². The number of carbonyl (C=O) groups excluding carboxylic acids is 4. The Bertz CT molecular complexity index is 1070. The van der Waals surface area contributed by atoms with Crippen molar-refractivity contribution in [3.05, 3.63) is 0 Å². The molecule has 6 atom stereocenters. The number of ether oxygens (including phenoxy) is 1. The zero-order chi connectivity index (χ0) is 29.6. The van der Waals surface area contributed by atoms with E-state index in [9.17, 15) is 37.6 Å². The van der Waals surface area contributed by atoms with Gasteiger partial charge in [0.15, 0.2) is 0 Å². The number of nitrogens with zero attached hydrogens (tertiary/aromatic N) is 2. The Hall–Kier alpha value is -2.88. The first kappa shape index (κ1) is 30.1. The lowest BCUT2D eigenvalue weighted by molar-refractivity contribution is -0.186. The lowest BCUT2D eigenvalue weighted by Crippen LogP contribution is -2.63. The zero-order valence-corrected chi connectivity index (χ0v) is 23.3. The van der Waals surface area contributed by atoms with Crippen molar-refractivity contribution in [2.45, 2.75) is 114 Å². The maximum atomic E-state index is 14.1. The van der Waals surface area contributed by atoms with Gasteiger partial charge in [-0.3, -0.25) is 19.2 Å². The Morgan fingerprint density at radius 3 is 2.33 bits per heavy atom. The number of hydrogen-bond acceptors (Lipinski definition) is 6. The molecular formula is C27H38F3N5O5. The van der Waals surface area contributed by atoms with Crippen LogP contribution in [0.15, 0.2) is 0 Å². The van der Waals surface area contributed by atoms with Crippen molar-refractivity contribution in [2.75, 3.05) is 6.54 Å². The molecule has 3 aliphatic heterocycles. The third kappa shape index (κ3) is 6.37. The molecule has 4 rings (SSSR count). The lowest BCUT2D eigenvalue weighted by atomic mass is 9.76. The predicted molar refractivity (Wildman–Crippen MR) is 135 cm³/mol. The van der Waals surface area contributed by atoms with Gasteiger partial charge in [0.1, 0.15) is 18.1 Å². The van der Waals surface area contributed by atoms with Crippen LogP contribution in [-0.2, 0) is 23.9 Å². The predicted octanol–water partition coefficient (Wildman–Crippen LogP) is 1.93. The first-order valence-corrected chi connectivity index (χ1v) is 13.9. The van der Waals surface area contributed by atoms with Gasteiger partial charge in [-0.15, -0.1) is 0 Å². The summed E-state index contributed by atoms with van der Waals surface area (Å²) in [6.45, 7) is 7.64. The molecule has 4 amide bonds. The number of nitriles is 1. The molecule has 13 heteroatoms. The van der Waals surface area contributed by atoms with Crippen LogP contribution in [0.4, 0.5) is 13.2 Å². The zero-order valence-electron chi connectivity index (χ0n) is 23.3. The molecule has 2 bridgehead atoms. The highest BCUT2D eigenvalue weighted by Crippen LogP contribution is 2.45. The van der Waals surface area contributed by atoms with E-state index < -0.39 is 65.1 Å². The minimum absolute atomic E-state index is 0.124. The van der Waals surface area contributed by atoms with Crippen LogP contribution < -0.4 is 16.0 Å². The highest BCUT2D eigenvalue weighted by molar-refractivity contribution is 5.94. The topological polar surface area (TPSA) is 141 Å². The van der Waals surface area contributed by atoms with E-state index >= 15 is 0 Å². The number of carbonyl (C=O) groups is 4. The van der Waals surface area contributed by atoms with Crippen molar-refractivity contribution in [1.82, 2.24) is 20.9 Å². The fourth-order valence-electron chi connectivity index (χ4n) is 7.37. The van der Waals surface area contributed by atoms with E-state index in [2.05, 4.69) is 10.6 Å². The van der Waals surface area contributed by atoms with Crippen molar-refractivity contribution in [3.63, 3.8) is 0 Å². The molecular weight excluding hydrogens is 531 g/mol. The second-order valence-electron chi connectivity index (χ2n) is 12.9. The molecule has 0 unspecified atom stereocenters. The molecule has 0 aromatic rings. The van der Waals surface area contributed by atoms with Crippen LogP contribution in [-0.4, -0.2) is 76.6 Å². The molecule has 1 aliphatic carbocycles. The molecule has 10 nitrogen and oxygen atoms in total.